The van der Waals surface area contributed by atoms with Crippen LogP contribution in [0.4, 0.5) is 5.69 Å². The number of aliphatic imine (C=N–C) groups is 1. The Morgan fingerprint density at radius 3 is 2.67 bits per heavy atom. The van der Waals surface area contributed by atoms with E-state index < -0.39 is 6.04 Å². The van der Waals surface area contributed by atoms with Gasteiger partial charge in [-0.2, -0.15) is 4.74 Å². The summed E-state index contributed by atoms with van der Waals surface area (Å²) in [6.07, 6.45) is 1.46. The third-order valence-electron chi connectivity index (χ3n) is 3.43. The number of rotatable bonds is 1. The number of benzene rings is 2. The molecule has 2 aromatic carbocycles. The van der Waals surface area contributed by atoms with Crippen LogP contribution in [0, 0.1) is 5.21 Å². The van der Waals surface area contributed by atoms with E-state index in [1.165, 1.54) is 6.21 Å². The van der Waals surface area contributed by atoms with Gasteiger partial charge in [-0.3, -0.25) is 4.99 Å². The lowest BCUT2D eigenvalue weighted by atomic mass is 9.97. The number of anilines is 1. The second-order valence-corrected chi connectivity index (χ2v) is 5.20. The van der Waals surface area contributed by atoms with Crippen LogP contribution in [0.3, 0.4) is 0 Å². The van der Waals surface area contributed by atoms with Gasteiger partial charge < -0.3 is 10.5 Å². The molecular formula is C16H14ClN3O. The third-order valence-corrected chi connectivity index (χ3v) is 3.67. The minimum absolute atomic E-state index is 0.452. The lowest BCUT2D eigenvalue weighted by Crippen LogP contribution is -2.18. The van der Waals surface area contributed by atoms with Gasteiger partial charge in [0, 0.05) is 17.6 Å². The molecule has 0 saturated carbocycles. The Bertz CT molecular complexity index is 726. The smallest absolute Gasteiger partial charge is 0.218 e. The molecule has 0 bridgehead atoms. The number of nitrogens with zero attached hydrogens (tertiary/aromatic N) is 2. The standard InChI is InChI=1S/C16H14ClN3O/c1-18-15-10-20(21)16(11-5-3-2-4-6-11)13-9-12(17)7-8-14(13)19-15/h2-10,16H,1H3,(H,18,19). The van der Waals surface area contributed by atoms with Crippen LogP contribution in [-0.2, 0) is 0 Å². The van der Waals surface area contributed by atoms with Gasteiger partial charge in [0.1, 0.15) is 0 Å². The second-order valence-electron chi connectivity index (χ2n) is 4.77. The zero-order valence-corrected chi connectivity index (χ0v) is 12.2. The van der Waals surface area contributed by atoms with Crippen LogP contribution in [0.1, 0.15) is 17.2 Å². The molecule has 0 aliphatic carbocycles. The topological polar surface area (TPSA) is 50.5 Å². The Balaban J connectivity index is 2.23. The quantitative estimate of drug-likeness (QED) is 0.647. The molecule has 0 amide bonds. The maximum Gasteiger partial charge on any atom is 0.218 e. The zero-order chi connectivity index (χ0) is 14.8. The van der Waals surface area contributed by atoms with Gasteiger partial charge in [0.15, 0.2) is 5.84 Å². The number of hydroxylamine groups is 1. The molecule has 0 aromatic heterocycles. The average molecular weight is 300 g/mol. The Hall–Kier alpha value is -2.33. The Labute approximate surface area is 128 Å². The van der Waals surface area contributed by atoms with Crippen molar-refractivity contribution in [3.8, 4) is 0 Å². The highest BCUT2D eigenvalue weighted by Crippen LogP contribution is 2.34. The lowest BCUT2D eigenvalue weighted by molar-refractivity contribution is -0.489. The van der Waals surface area contributed by atoms with E-state index in [9.17, 15) is 5.21 Å². The first-order valence-electron chi connectivity index (χ1n) is 6.57. The van der Waals surface area contributed by atoms with Crippen LogP contribution in [-0.4, -0.2) is 23.8 Å². The molecule has 2 aromatic rings. The van der Waals surface area contributed by atoms with Crippen LogP contribution >= 0.6 is 11.6 Å². The molecule has 21 heavy (non-hydrogen) atoms. The van der Waals surface area contributed by atoms with Crippen LogP contribution in [0.2, 0.25) is 5.02 Å². The van der Waals surface area contributed by atoms with Gasteiger partial charge in [-0.1, -0.05) is 41.9 Å². The third kappa shape index (κ3) is 2.62. The Morgan fingerprint density at radius 2 is 1.95 bits per heavy atom. The van der Waals surface area contributed by atoms with E-state index >= 15 is 0 Å². The first kappa shape index (κ1) is 13.6. The molecule has 3 rings (SSSR count). The summed E-state index contributed by atoms with van der Waals surface area (Å²) < 4.78 is 0.910. The molecule has 1 aliphatic rings. The predicted molar refractivity (Wildman–Crippen MR) is 86.4 cm³/mol. The maximum atomic E-state index is 12.6. The molecule has 1 unspecified atom stereocenters. The van der Waals surface area contributed by atoms with Crippen molar-refractivity contribution in [2.24, 2.45) is 4.99 Å². The van der Waals surface area contributed by atoms with Gasteiger partial charge in [0.2, 0.25) is 12.3 Å². The van der Waals surface area contributed by atoms with E-state index in [0.29, 0.717) is 10.9 Å². The van der Waals surface area contributed by atoms with Crippen LogP contribution in [0.25, 0.3) is 0 Å². The summed E-state index contributed by atoms with van der Waals surface area (Å²) in [5.74, 6) is 0.520. The zero-order valence-electron chi connectivity index (χ0n) is 11.5. The van der Waals surface area contributed by atoms with E-state index in [-0.39, 0.29) is 0 Å². The predicted octanol–water partition coefficient (Wildman–Crippen LogP) is 3.46. The molecule has 106 valence electrons. The van der Waals surface area contributed by atoms with Gasteiger partial charge in [0.25, 0.3) is 0 Å². The molecule has 0 spiro atoms. The minimum Gasteiger partial charge on any atom is -0.623 e. The van der Waals surface area contributed by atoms with Crippen molar-refractivity contribution >= 4 is 29.3 Å². The first-order valence-corrected chi connectivity index (χ1v) is 6.95. The van der Waals surface area contributed by atoms with Crippen molar-refractivity contribution in [2.75, 3.05) is 12.4 Å². The molecule has 4 nitrogen and oxygen atoms in total. The second kappa shape index (κ2) is 5.58. The number of amidine groups is 1. The molecule has 0 fully saturated rings. The SMILES string of the molecule is CN=C1C=[N+]([O-])C(c2ccccc2)c2cc(Cl)ccc2N1. The summed E-state index contributed by atoms with van der Waals surface area (Å²) in [5, 5.41) is 16.3. The van der Waals surface area contributed by atoms with Crippen molar-refractivity contribution in [1.29, 1.82) is 0 Å². The monoisotopic (exact) mass is 299 g/mol. The van der Waals surface area contributed by atoms with Gasteiger partial charge in [0.05, 0.1) is 11.3 Å². The largest absolute Gasteiger partial charge is 0.623 e. The van der Waals surface area contributed by atoms with Crippen molar-refractivity contribution in [3.05, 3.63) is 69.9 Å². The summed E-state index contributed by atoms with van der Waals surface area (Å²) in [6.45, 7) is 0. The van der Waals surface area contributed by atoms with Crippen molar-refractivity contribution in [1.82, 2.24) is 0 Å². The molecule has 0 radical (unpaired) electrons. The molecule has 1 aliphatic heterocycles. The van der Waals surface area contributed by atoms with Gasteiger partial charge in [-0.05, 0) is 18.2 Å². The fraction of sp³-hybridized carbons (Fsp3) is 0.125. The highest BCUT2D eigenvalue weighted by molar-refractivity contribution is 6.34. The van der Waals surface area contributed by atoms with Crippen LogP contribution in [0.15, 0.2) is 53.5 Å². The van der Waals surface area contributed by atoms with E-state index in [4.69, 9.17) is 11.6 Å². The van der Waals surface area contributed by atoms with E-state index in [1.807, 2.05) is 42.5 Å². The lowest BCUT2D eigenvalue weighted by Gasteiger charge is -2.18. The van der Waals surface area contributed by atoms with Crippen molar-refractivity contribution in [2.45, 2.75) is 6.04 Å². The number of nitrogens with one attached hydrogen (secondary N) is 1. The fourth-order valence-corrected chi connectivity index (χ4v) is 2.63. The van der Waals surface area contributed by atoms with Crippen molar-refractivity contribution < 1.29 is 4.74 Å². The molecule has 1 N–H and O–H groups in total. The number of fused-ring (bicyclic) bond motifs is 1. The summed E-state index contributed by atoms with van der Waals surface area (Å²) in [4.78, 5) is 4.08. The normalized spacial score (nSPS) is 19.4. The summed E-state index contributed by atoms with van der Waals surface area (Å²) in [7, 11) is 1.64. The van der Waals surface area contributed by atoms with Gasteiger partial charge in [-0.25, -0.2) is 0 Å². The van der Waals surface area contributed by atoms with Gasteiger partial charge in [-0.15, -0.1) is 0 Å². The average Bonchev–Trinajstić information content (AvgIpc) is 2.63. The summed E-state index contributed by atoms with van der Waals surface area (Å²) in [5.41, 5.74) is 2.58. The Morgan fingerprint density at radius 1 is 1.19 bits per heavy atom. The number of hydrogen-bond acceptors (Lipinski definition) is 2. The summed E-state index contributed by atoms with van der Waals surface area (Å²) >= 11 is 6.11. The molecule has 1 heterocycles. The highest BCUT2D eigenvalue weighted by atomic mass is 35.5. The highest BCUT2D eigenvalue weighted by Gasteiger charge is 2.28. The molecule has 5 heteroatoms. The fourth-order valence-electron chi connectivity index (χ4n) is 2.45. The van der Waals surface area contributed by atoms with E-state index in [2.05, 4.69) is 10.3 Å². The maximum absolute atomic E-state index is 12.6. The minimum atomic E-state index is -0.452. The van der Waals surface area contributed by atoms with Gasteiger partial charge >= 0.3 is 0 Å². The first-order chi connectivity index (χ1) is 10.2. The molecule has 1 atom stereocenters. The van der Waals surface area contributed by atoms with Crippen LogP contribution in [0.5, 0.6) is 0 Å². The number of halogens is 1. The van der Waals surface area contributed by atoms with E-state index in [0.717, 1.165) is 21.6 Å². The van der Waals surface area contributed by atoms with Crippen LogP contribution < -0.4 is 5.32 Å². The molecule has 0 saturated heterocycles. The molecular weight excluding hydrogens is 286 g/mol. The Kier molecular flexibility index (Phi) is 3.62. The van der Waals surface area contributed by atoms with Crippen molar-refractivity contribution in [3.63, 3.8) is 0 Å². The summed E-state index contributed by atoms with van der Waals surface area (Å²) in [6, 6.07) is 14.7. The number of hydrogen-bond donors (Lipinski definition) is 1. The van der Waals surface area contributed by atoms with E-state index in [1.54, 1.807) is 13.1 Å².